The standard InChI is InChI=1S/C16H24Cl2N2.C4H6O6/c1-12(2)9-20(10-13-5-6-19-8-13)11-14-3-4-15(17)7-16(14)18;5-1(3(7)8)2(6)4(9)10/h3-4,7,12-13,19H,5-6,8-11H2,1-2H3;1-2,5-6H,(H,7,8)(H,9,10)/t13-;/m0./s1. The fraction of sp³-hybridized carbons (Fsp3) is 0.600. The number of carbonyl (C=O) groups is 2. The first-order valence-corrected chi connectivity index (χ1v) is 10.5. The van der Waals surface area contributed by atoms with Crippen molar-refractivity contribution >= 4 is 35.1 Å². The average Bonchev–Trinajstić information content (AvgIpc) is 3.15. The summed E-state index contributed by atoms with van der Waals surface area (Å²) in [6.07, 6.45) is -3.25. The molecule has 1 aromatic rings. The minimum absolute atomic E-state index is 0.662. The van der Waals surface area contributed by atoms with Gasteiger partial charge in [-0.1, -0.05) is 43.1 Å². The molecule has 10 heteroatoms. The van der Waals surface area contributed by atoms with Crippen LogP contribution in [0.3, 0.4) is 0 Å². The summed E-state index contributed by atoms with van der Waals surface area (Å²) in [6.45, 7) is 9.99. The van der Waals surface area contributed by atoms with Gasteiger partial charge in [-0.3, -0.25) is 4.90 Å². The van der Waals surface area contributed by atoms with Gasteiger partial charge in [-0.15, -0.1) is 0 Å². The number of aliphatic hydroxyl groups is 2. The van der Waals surface area contributed by atoms with Crippen LogP contribution < -0.4 is 5.32 Å². The van der Waals surface area contributed by atoms with E-state index in [9.17, 15) is 9.59 Å². The van der Waals surface area contributed by atoms with E-state index in [1.54, 1.807) is 0 Å². The van der Waals surface area contributed by atoms with Gasteiger partial charge in [0.25, 0.3) is 0 Å². The molecule has 2 rings (SSSR count). The van der Waals surface area contributed by atoms with Gasteiger partial charge in [-0.25, -0.2) is 9.59 Å². The highest BCUT2D eigenvalue weighted by atomic mass is 35.5. The lowest BCUT2D eigenvalue weighted by Crippen LogP contribution is -2.39. The van der Waals surface area contributed by atoms with E-state index in [0.717, 1.165) is 43.7 Å². The van der Waals surface area contributed by atoms with Crippen LogP contribution in [-0.2, 0) is 16.1 Å². The van der Waals surface area contributed by atoms with Crippen molar-refractivity contribution in [3.63, 3.8) is 0 Å². The van der Waals surface area contributed by atoms with Crippen LogP contribution >= 0.6 is 23.2 Å². The molecule has 5 N–H and O–H groups in total. The van der Waals surface area contributed by atoms with E-state index >= 15 is 0 Å². The fourth-order valence-electron chi connectivity index (χ4n) is 3.12. The van der Waals surface area contributed by atoms with Crippen molar-refractivity contribution in [3.05, 3.63) is 33.8 Å². The number of carboxylic acids is 2. The Hall–Kier alpha value is -1.42. The smallest absolute Gasteiger partial charge is 0.335 e. The topological polar surface area (TPSA) is 130 Å². The number of rotatable bonds is 9. The van der Waals surface area contributed by atoms with E-state index in [4.69, 9.17) is 43.6 Å². The predicted octanol–water partition coefficient (Wildman–Crippen LogP) is 1.94. The molecule has 0 aromatic heterocycles. The van der Waals surface area contributed by atoms with E-state index in [-0.39, 0.29) is 0 Å². The first kappa shape index (κ1) is 26.6. The maximum atomic E-state index is 9.77. The largest absolute Gasteiger partial charge is 0.479 e. The summed E-state index contributed by atoms with van der Waals surface area (Å²) in [4.78, 5) is 22.1. The molecule has 0 radical (unpaired) electrons. The lowest BCUT2D eigenvalue weighted by atomic mass is 10.1. The lowest BCUT2D eigenvalue weighted by molar-refractivity contribution is -0.165. The highest BCUT2D eigenvalue weighted by Crippen LogP contribution is 2.23. The summed E-state index contributed by atoms with van der Waals surface area (Å²) in [7, 11) is 0. The molecule has 2 unspecified atom stereocenters. The van der Waals surface area contributed by atoms with Gasteiger partial charge in [0.05, 0.1) is 0 Å². The van der Waals surface area contributed by atoms with Gasteiger partial charge < -0.3 is 25.7 Å². The van der Waals surface area contributed by atoms with Gasteiger partial charge in [-0.2, -0.15) is 0 Å². The van der Waals surface area contributed by atoms with E-state index < -0.39 is 24.1 Å². The van der Waals surface area contributed by atoms with Crippen molar-refractivity contribution in [2.24, 2.45) is 11.8 Å². The van der Waals surface area contributed by atoms with Gasteiger partial charge in [0.1, 0.15) is 0 Å². The van der Waals surface area contributed by atoms with E-state index in [1.807, 2.05) is 18.2 Å². The van der Waals surface area contributed by atoms with Crippen LogP contribution in [0.1, 0.15) is 25.8 Å². The molecule has 1 aliphatic heterocycles. The summed E-state index contributed by atoms with van der Waals surface area (Å²) in [6, 6.07) is 5.81. The zero-order valence-corrected chi connectivity index (χ0v) is 18.6. The SMILES string of the molecule is CC(C)CN(Cc1ccc(Cl)cc1Cl)C[C@H]1CCNC1.O=C(O)C(O)C(O)C(=O)O. The third kappa shape index (κ3) is 9.59. The second kappa shape index (κ2) is 13.1. The molecule has 170 valence electrons. The Labute approximate surface area is 186 Å². The molecule has 1 fully saturated rings. The van der Waals surface area contributed by atoms with E-state index in [1.165, 1.54) is 12.0 Å². The Bertz CT molecular complexity index is 680. The Morgan fingerprint density at radius 2 is 1.77 bits per heavy atom. The second-order valence-electron chi connectivity index (χ2n) is 7.75. The maximum absolute atomic E-state index is 9.77. The quantitative estimate of drug-likeness (QED) is 0.374. The zero-order valence-electron chi connectivity index (χ0n) is 17.1. The third-order valence-corrected chi connectivity index (χ3v) is 5.10. The highest BCUT2D eigenvalue weighted by molar-refractivity contribution is 6.35. The van der Waals surface area contributed by atoms with E-state index in [0.29, 0.717) is 10.9 Å². The maximum Gasteiger partial charge on any atom is 0.335 e. The Kier molecular flexibility index (Phi) is 11.6. The van der Waals surface area contributed by atoms with Gasteiger partial charge >= 0.3 is 11.9 Å². The van der Waals surface area contributed by atoms with Crippen LogP contribution in [0, 0.1) is 11.8 Å². The first-order chi connectivity index (χ1) is 14.0. The fourth-order valence-corrected chi connectivity index (χ4v) is 3.58. The normalized spacial score (nSPS) is 18.1. The minimum Gasteiger partial charge on any atom is -0.479 e. The van der Waals surface area contributed by atoms with Gasteiger partial charge in [-0.05, 0) is 49.0 Å². The highest BCUT2D eigenvalue weighted by Gasteiger charge is 2.29. The van der Waals surface area contributed by atoms with Crippen LogP contribution in [0.5, 0.6) is 0 Å². The molecule has 1 heterocycles. The Balaban J connectivity index is 0.000000382. The third-order valence-electron chi connectivity index (χ3n) is 4.52. The number of benzene rings is 1. The zero-order chi connectivity index (χ0) is 22.8. The molecule has 1 aromatic carbocycles. The van der Waals surface area contributed by atoms with Crippen molar-refractivity contribution < 1.29 is 30.0 Å². The van der Waals surface area contributed by atoms with Crippen LogP contribution in [0.4, 0.5) is 0 Å². The number of hydrogen-bond donors (Lipinski definition) is 5. The summed E-state index contributed by atoms with van der Waals surface area (Å²) in [5, 5.41) is 37.4. The van der Waals surface area contributed by atoms with Crippen LogP contribution in [-0.4, -0.2) is 75.7 Å². The van der Waals surface area contributed by atoms with Gasteiger partial charge in [0, 0.05) is 29.7 Å². The number of hydrogen-bond acceptors (Lipinski definition) is 6. The number of aliphatic carboxylic acids is 2. The molecule has 0 amide bonds. The summed E-state index contributed by atoms with van der Waals surface area (Å²) >= 11 is 12.3. The molecule has 0 bridgehead atoms. The van der Waals surface area contributed by atoms with Crippen LogP contribution in [0.15, 0.2) is 18.2 Å². The minimum atomic E-state index is -2.27. The lowest BCUT2D eigenvalue weighted by Gasteiger charge is -2.27. The summed E-state index contributed by atoms with van der Waals surface area (Å²) in [5.74, 6) is -2.11. The van der Waals surface area contributed by atoms with Crippen LogP contribution in [0.2, 0.25) is 10.0 Å². The van der Waals surface area contributed by atoms with Crippen molar-refractivity contribution in [2.45, 2.75) is 39.0 Å². The molecule has 0 aliphatic carbocycles. The predicted molar refractivity (Wildman–Crippen MR) is 115 cm³/mol. The molecule has 1 aliphatic rings. The summed E-state index contributed by atoms with van der Waals surface area (Å²) < 4.78 is 0. The summed E-state index contributed by atoms with van der Waals surface area (Å²) in [5.41, 5.74) is 1.17. The molecular weight excluding hydrogens is 435 g/mol. The Morgan fingerprint density at radius 1 is 1.17 bits per heavy atom. The van der Waals surface area contributed by atoms with Crippen molar-refractivity contribution in [1.82, 2.24) is 10.2 Å². The molecule has 1 saturated heterocycles. The average molecular weight is 465 g/mol. The van der Waals surface area contributed by atoms with Crippen molar-refractivity contribution in [1.29, 1.82) is 0 Å². The number of halogens is 2. The van der Waals surface area contributed by atoms with Crippen molar-refractivity contribution in [2.75, 3.05) is 26.2 Å². The molecule has 3 atom stereocenters. The number of carboxylic acid groups (broad SMARTS) is 2. The molecule has 0 spiro atoms. The monoisotopic (exact) mass is 464 g/mol. The van der Waals surface area contributed by atoms with Crippen LogP contribution in [0.25, 0.3) is 0 Å². The second-order valence-corrected chi connectivity index (χ2v) is 8.59. The first-order valence-electron chi connectivity index (χ1n) is 9.70. The number of nitrogens with zero attached hydrogens (tertiary/aromatic N) is 1. The molecular formula is C20H30Cl2N2O6. The van der Waals surface area contributed by atoms with Gasteiger partial charge in [0.15, 0.2) is 12.2 Å². The number of nitrogens with one attached hydrogen (secondary N) is 1. The van der Waals surface area contributed by atoms with Crippen molar-refractivity contribution in [3.8, 4) is 0 Å². The molecule has 8 nitrogen and oxygen atoms in total. The molecule has 30 heavy (non-hydrogen) atoms. The van der Waals surface area contributed by atoms with Gasteiger partial charge in [0.2, 0.25) is 0 Å². The van der Waals surface area contributed by atoms with E-state index in [2.05, 4.69) is 24.1 Å². The molecule has 0 saturated carbocycles. The Morgan fingerprint density at radius 3 is 2.20 bits per heavy atom. The number of aliphatic hydroxyl groups excluding tert-OH is 2.